The Morgan fingerprint density at radius 3 is 2.82 bits per heavy atom. The van der Waals surface area contributed by atoms with E-state index in [4.69, 9.17) is 9.47 Å². The third-order valence-electron chi connectivity index (χ3n) is 4.49. The van der Waals surface area contributed by atoms with Gasteiger partial charge in [0.25, 0.3) is 5.95 Å². The number of aromatic nitrogens is 4. The van der Waals surface area contributed by atoms with Crippen molar-refractivity contribution in [2.24, 2.45) is 5.10 Å². The smallest absolute Gasteiger partial charge is 0.265 e. The Morgan fingerprint density at radius 2 is 2.04 bits per heavy atom. The van der Waals surface area contributed by atoms with Crippen molar-refractivity contribution < 1.29 is 9.47 Å². The fraction of sp³-hybridized carbons (Fsp3) is 0.200. The van der Waals surface area contributed by atoms with Crippen LogP contribution in [-0.4, -0.2) is 40.6 Å². The number of rotatable bonds is 6. The van der Waals surface area contributed by atoms with Gasteiger partial charge in [0.05, 0.1) is 20.4 Å². The van der Waals surface area contributed by atoms with E-state index in [9.17, 15) is 0 Å². The molecule has 2 aromatic carbocycles. The normalized spacial score (nSPS) is 11.4. The van der Waals surface area contributed by atoms with Gasteiger partial charge in [-0.15, -0.1) is 10.2 Å². The number of aryl methyl sites for hydroxylation is 1. The summed E-state index contributed by atoms with van der Waals surface area (Å²) in [5, 5.41) is 13.7. The standard InChI is InChI=1S/C20H20N6O2/c1-4-12-8-9-15-14(10-12)17-19(22-15)23-20(26-24-17)25-21-11-13-6-5-7-16(27-2)18(13)28-3/h5-11H,4H2,1-3H3,(H2,22,23,25,26). The third kappa shape index (κ3) is 3.20. The fourth-order valence-corrected chi connectivity index (χ4v) is 3.06. The van der Waals surface area contributed by atoms with Crippen LogP contribution in [0.15, 0.2) is 41.5 Å². The minimum Gasteiger partial charge on any atom is -0.493 e. The predicted octanol–water partition coefficient (Wildman–Crippen LogP) is 3.53. The van der Waals surface area contributed by atoms with Gasteiger partial charge in [0.15, 0.2) is 17.1 Å². The number of nitrogens with one attached hydrogen (secondary N) is 2. The summed E-state index contributed by atoms with van der Waals surface area (Å²) in [6.07, 6.45) is 2.58. The maximum atomic E-state index is 5.39. The van der Waals surface area contributed by atoms with Gasteiger partial charge < -0.3 is 14.5 Å². The number of ether oxygens (including phenoxy) is 2. The highest BCUT2D eigenvalue weighted by Gasteiger charge is 2.10. The van der Waals surface area contributed by atoms with Crippen molar-refractivity contribution >= 4 is 34.2 Å². The molecular weight excluding hydrogens is 356 g/mol. The van der Waals surface area contributed by atoms with Gasteiger partial charge in [-0.1, -0.05) is 19.1 Å². The van der Waals surface area contributed by atoms with E-state index in [0.29, 0.717) is 23.1 Å². The maximum absolute atomic E-state index is 5.39. The molecule has 0 unspecified atom stereocenters. The lowest BCUT2D eigenvalue weighted by Crippen LogP contribution is -2.00. The van der Waals surface area contributed by atoms with Crippen LogP contribution in [0.4, 0.5) is 5.95 Å². The average Bonchev–Trinajstić information content (AvgIpc) is 3.10. The molecule has 2 N–H and O–H groups in total. The summed E-state index contributed by atoms with van der Waals surface area (Å²) in [4.78, 5) is 7.73. The Kier molecular flexibility index (Phi) is 4.76. The van der Waals surface area contributed by atoms with Crippen LogP contribution >= 0.6 is 0 Å². The first-order valence-corrected chi connectivity index (χ1v) is 8.88. The monoisotopic (exact) mass is 376 g/mol. The maximum Gasteiger partial charge on any atom is 0.265 e. The molecule has 0 amide bonds. The molecular formula is C20H20N6O2. The Hall–Kier alpha value is -3.68. The van der Waals surface area contributed by atoms with Crippen molar-refractivity contribution in [2.45, 2.75) is 13.3 Å². The quantitative estimate of drug-likeness (QED) is 0.395. The van der Waals surface area contributed by atoms with E-state index in [1.807, 2.05) is 24.3 Å². The van der Waals surface area contributed by atoms with Crippen molar-refractivity contribution in [3.05, 3.63) is 47.5 Å². The second kappa shape index (κ2) is 7.51. The molecule has 2 aromatic heterocycles. The summed E-state index contributed by atoms with van der Waals surface area (Å²) in [6, 6.07) is 11.8. The molecule has 4 aromatic rings. The highest BCUT2D eigenvalue weighted by Crippen LogP contribution is 2.29. The largest absolute Gasteiger partial charge is 0.493 e. The van der Waals surface area contributed by atoms with E-state index in [-0.39, 0.29) is 0 Å². The molecule has 2 heterocycles. The number of hydrazone groups is 1. The van der Waals surface area contributed by atoms with Gasteiger partial charge in [-0.3, -0.25) is 0 Å². The summed E-state index contributed by atoms with van der Waals surface area (Å²) >= 11 is 0. The van der Waals surface area contributed by atoms with E-state index in [1.165, 1.54) is 5.56 Å². The van der Waals surface area contributed by atoms with Crippen LogP contribution in [0, 0.1) is 0 Å². The SMILES string of the molecule is CCc1ccc2[nH]c3nc(NN=Cc4cccc(OC)c4OC)nnc3c2c1. The average molecular weight is 376 g/mol. The van der Waals surface area contributed by atoms with Crippen LogP contribution in [0.5, 0.6) is 11.5 Å². The summed E-state index contributed by atoms with van der Waals surface area (Å²) in [5.74, 6) is 1.54. The number of fused-ring (bicyclic) bond motifs is 3. The zero-order chi connectivity index (χ0) is 19.5. The van der Waals surface area contributed by atoms with Crippen LogP contribution in [0.25, 0.3) is 22.1 Å². The molecule has 0 saturated carbocycles. The van der Waals surface area contributed by atoms with Crippen molar-refractivity contribution in [3.63, 3.8) is 0 Å². The van der Waals surface area contributed by atoms with Crippen LogP contribution in [-0.2, 0) is 6.42 Å². The summed E-state index contributed by atoms with van der Waals surface area (Å²) in [6.45, 7) is 2.12. The molecule has 0 aliphatic carbocycles. The van der Waals surface area contributed by atoms with Gasteiger partial charge >= 0.3 is 0 Å². The number of H-pyrrole nitrogens is 1. The second-order valence-corrected chi connectivity index (χ2v) is 6.14. The molecule has 0 radical (unpaired) electrons. The Balaban J connectivity index is 1.60. The number of hydrogen-bond acceptors (Lipinski definition) is 7. The van der Waals surface area contributed by atoms with Gasteiger partial charge in [-0.25, -0.2) is 5.43 Å². The van der Waals surface area contributed by atoms with Gasteiger partial charge in [0.1, 0.15) is 5.52 Å². The zero-order valence-corrected chi connectivity index (χ0v) is 15.9. The number of benzene rings is 2. The first-order valence-electron chi connectivity index (χ1n) is 8.88. The molecule has 0 atom stereocenters. The van der Waals surface area contributed by atoms with Crippen LogP contribution in [0.3, 0.4) is 0 Å². The van der Waals surface area contributed by atoms with E-state index >= 15 is 0 Å². The Bertz CT molecular complexity index is 1170. The molecule has 0 aliphatic rings. The first-order chi connectivity index (χ1) is 13.7. The Morgan fingerprint density at radius 1 is 1.14 bits per heavy atom. The van der Waals surface area contributed by atoms with Crippen LogP contribution in [0.2, 0.25) is 0 Å². The lowest BCUT2D eigenvalue weighted by molar-refractivity contribution is 0.354. The van der Waals surface area contributed by atoms with Crippen molar-refractivity contribution in [1.82, 2.24) is 20.2 Å². The topological polar surface area (TPSA) is 97.3 Å². The molecule has 28 heavy (non-hydrogen) atoms. The van der Waals surface area contributed by atoms with E-state index in [0.717, 1.165) is 28.4 Å². The van der Waals surface area contributed by atoms with E-state index in [1.54, 1.807) is 20.4 Å². The van der Waals surface area contributed by atoms with Gasteiger partial charge in [0, 0.05) is 16.5 Å². The molecule has 0 spiro atoms. The van der Waals surface area contributed by atoms with Crippen molar-refractivity contribution in [1.29, 1.82) is 0 Å². The number of anilines is 1. The summed E-state index contributed by atoms with van der Waals surface area (Å²) in [5.41, 5.74) is 7.21. The highest BCUT2D eigenvalue weighted by atomic mass is 16.5. The molecule has 0 aliphatic heterocycles. The zero-order valence-electron chi connectivity index (χ0n) is 15.9. The van der Waals surface area contributed by atoms with Gasteiger partial charge in [-0.2, -0.15) is 10.1 Å². The number of nitrogens with zero attached hydrogens (tertiary/aromatic N) is 4. The van der Waals surface area contributed by atoms with Crippen molar-refractivity contribution in [3.8, 4) is 11.5 Å². The van der Waals surface area contributed by atoms with E-state index in [2.05, 4.69) is 49.7 Å². The summed E-state index contributed by atoms with van der Waals surface area (Å²) in [7, 11) is 3.18. The predicted molar refractivity (Wildman–Crippen MR) is 109 cm³/mol. The number of aromatic amines is 1. The molecule has 0 bridgehead atoms. The van der Waals surface area contributed by atoms with E-state index < -0.39 is 0 Å². The van der Waals surface area contributed by atoms with Crippen LogP contribution in [0.1, 0.15) is 18.1 Å². The van der Waals surface area contributed by atoms with Gasteiger partial charge in [-0.05, 0) is 36.2 Å². The molecule has 0 fully saturated rings. The third-order valence-corrected chi connectivity index (χ3v) is 4.49. The minimum absolute atomic E-state index is 0.299. The number of para-hydroxylation sites is 1. The van der Waals surface area contributed by atoms with Gasteiger partial charge in [0.2, 0.25) is 0 Å². The molecule has 8 heteroatoms. The Labute approximate surface area is 161 Å². The second-order valence-electron chi connectivity index (χ2n) is 6.14. The first kappa shape index (κ1) is 17.7. The molecule has 4 rings (SSSR count). The lowest BCUT2D eigenvalue weighted by Gasteiger charge is -2.09. The molecule has 142 valence electrons. The lowest BCUT2D eigenvalue weighted by atomic mass is 10.1. The van der Waals surface area contributed by atoms with Crippen molar-refractivity contribution in [2.75, 3.05) is 19.6 Å². The number of methoxy groups -OCH3 is 2. The minimum atomic E-state index is 0.299. The number of hydrogen-bond donors (Lipinski definition) is 2. The highest BCUT2D eigenvalue weighted by molar-refractivity contribution is 6.03. The summed E-state index contributed by atoms with van der Waals surface area (Å²) < 4.78 is 10.7. The molecule has 0 saturated heterocycles. The fourth-order valence-electron chi connectivity index (χ4n) is 3.06. The molecule has 8 nitrogen and oxygen atoms in total. The van der Waals surface area contributed by atoms with Crippen LogP contribution < -0.4 is 14.9 Å².